The molecule has 2 aliphatic heterocycles. The number of rotatable bonds is 2. The second-order valence-corrected chi connectivity index (χ2v) is 5.08. The summed E-state index contributed by atoms with van der Waals surface area (Å²) in [5.74, 6) is 1.71. The molecule has 1 aromatic carbocycles. The molecule has 2 saturated heterocycles. The number of ether oxygens (including phenoxy) is 1. The van der Waals surface area contributed by atoms with Gasteiger partial charge in [0.05, 0.1) is 7.11 Å². The van der Waals surface area contributed by atoms with Crippen molar-refractivity contribution in [2.24, 2.45) is 0 Å². The minimum Gasteiger partial charge on any atom is -0.497 e. The van der Waals surface area contributed by atoms with E-state index in [0.29, 0.717) is 0 Å². The quantitative estimate of drug-likeness (QED) is 0.875. The van der Waals surface area contributed by atoms with E-state index in [1.807, 2.05) is 0 Å². The number of fused-ring (bicyclic) bond motifs is 2. The van der Waals surface area contributed by atoms with E-state index < -0.39 is 0 Å². The molecular formula is C14H20ClNO. The lowest BCUT2D eigenvalue weighted by molar-refractivity contribution is 0.363. The Morgan fingerprint density at radius 1 is 1.06 bits per heavy atom. The third-order valence-corrected chi connectivity index (χ3v) is 4.06. The Labute approximate surface area is 109 Å². The first kappa shape index (κ1) is 12.7. The highest BCUT2D eigenvalue weighted by atomic mass is 35.5. The molecule has 0 aliphatic carbocycles. The van der Waals surface area contributed by atoms with Gasteiger partial charge in [-0.1, -0.05) is 12.1 Å². The van der Waals surface area contributed by atoms with E-state index >= 15 is 0 Å². The number of hydrogen-bond acceptors (Lipinski definition) is 2. The predicted molar refractivity (Wildman–Crippen MR) is 72.2 cm³/mol. The summed E-state index contributed by atoms with van der Waals surface area (Å²) in [7, 11) is 1.72. The third-order valence-electron chi connectivity index (χ3n) is 4.06. The summed E-state index contributed by atoms with van der Waals surface area (Å²) < 4.78 is 5.20. The molecule has 0 spiro atoms. The molecule has 3 heteroatoms. The summed E-state index contributed by atoms with van der Waals surface area (Å²) in [5.41, 5.74) is 1.49. The standard InChI is InChI=1S/C14H19NO.ClH/c1-16-14-6-2-10(3-7-14)11-8-12-4-5-13(9-11)15-12;/h2-3,6-7,11-13,15H,4-5,8-9H2,1H3;1H/t11?,12-,13+;. The zero-order valence-electron chi connectivity index (χ0n) is 10.2. The van der Waals surface area contributed by atoms with Crippen LogP contribution in [-0.2, 0) is 0 Å². The van der Waals surface area contributed by atoms with Crippen molar-refractivity contribution in [2.75, 3.05) is 7.11 Å². The van der Waals surface area contributed by atoms with Crippen molar-refractivity contribution in [3.8, 4) is 5.75 Å². The normalized spacial score (nSPS) is 30.8. The number of benzene rings is 1. The van der Waals surface area contributed by atoms with Gasteiger partial charge < -0.3 is 10.1 Å². The molecule has 2 aliphatic rings. The number of hydrogen-bond donors (Lipinski definition) is 1. The number of methoxy groups -OCH3 is 1. The Kier molecular flexibility index (Phi) is 3.95. The molecule has 2 nitrogen and oxygen atoms in total. The van der Waals surface area contributed by atoms with Gasteiger partial charge in [-0.25, -0.2) is 0 Å². The molecular weight excluding hydrogens is 234 g/mol. The van der Waals surface area contributed by atoms with Crippen molar-refractivity contribution < 1.29 is 4.74 Å². The first-order valence-corrected chi connectivity index (χ1v) is 6.25. The van der Waals surface area contributed by atoms with Crippen LogP contribution in [0, 0.1) is 0 Å². The van der Waals surface area contributed by atoms with Crippen LogP contribution in [-0.4, -0.2) is 19.2 Å². The number of piperidine rings is 1. The molecule has 2 fully saturated rings. The van der Waals surface area contributed by atoms with E-state index in [1.165, 1.54) is 31.2 Å². The highest BCUT2D eigenvalue weighted by Crippen LogP contribution is 2.37. The van der Waals surface area contributed by atoms with Gasteiger partial charge in [0.2, 0.25) is 0 Å². The smallest absolute Gasteiger partial charge is 0.118 e. The highest BCUT2D eigenvalue weighted by Gasteiger charge is 2.33. The maximum atomic E-state index is 5.20. The fourth-order valence-corrected chi connectivity index (χ4v) is 3.21. The Morgan fingerprint density at radius 3 is 2.18 bits per heavy atom. The monoisotopic (exact) mass is 253 g/mol. The third kappa shape index (κ3) is 2.58. The van der Waals surface area contributed by atoms with E-state index in [0.717, 1.165) is 23.8 Å². The fourth-order valence-electron chi connectivity index (χ4n) is 3.21. The van der Waals surface area contributed by atoms with Gasteiger partial charge in [0.15, 0.2) is 0 Å². The minimum absolute atomic E-state index is 0. The maximum absolute atomic E-state index is 5.20. The van der Waals surface area contributed by atoms with Gasteiger partial charge in [-0.15, -0.1) is 12.4 Å². The minimum atomic E-state index is 0. The molecule has 0 saturated carbocycles. The van der Waals surface area contributed by atoms with Gasteiger partial charge in [-0.3, -0.25) is 0 Å². The molecule has 2 bridgehead atoms. The lowest BCUT2D eigenvalue weighted by Crippen LogP contribution is -2.37. The van der Waals surface area contributed by atoms with E-state index in [4.69, 9.17) is 4.74 Å². The second kappa shape index (κ2) is 5.28. The lowest BCUT2D eigenvalue weighted by Gasteiger charge is -2.29. The molecule has 1 aromatic rings. The first-order chi connectivity index (χ1) is 7.85. The molecule has 94 valence electrons. The van der Waals surface area contributed by atoms with Crippen LogP contribution in [0.25, 0.3) is 0 Å². The van der Waals surface area contributed by atoms with E-state index in [1.54, 1.807) is 7.11 Å². The van der Waals surface area contributed by atoms with Crippen molar-refractivity contribution in [1.29, 1.82) is 0 Å². The SMILES string of the molecule is COc1ccc(C2C[C@H]3CC[C@@H](C2)N3)cc1.Cl. The van der Waals surface area contributed by atoms with Crippen LogP contribution in [0.3, 0.4) is 0 Å². The van der Waals surface area contributed by atoms with Crippen molar-refractivity contribution in [3.05, 3.63) is 29.8 Å². The molecule has 1 N–H and O–H groups in total. The molecule has 2 heterocycles. The Morgan fingerprint density at radius 2 is 1.65 bits per heavy atom. The summed E-state index contributed by atoms with van der Waals surface area (Å²) >= 11 is 0. The number of nitrogens with one attached hydrogen (secondary N) is 1. The maximum Gasteiger partial charge on any atom is 0.118 e. The largest absolute Gasteiger partial charge is 0.497 e. The fraction of sp³-hybridized carbons (Fsp3) is 0.571. The van der Waals surface area contributed by atoms with Gasteiger partial charge >= 0.3 is 0 Å². The van der Waals surface area contributed by atoms with E-state index in [2.05, 4.69) is 29.6 Å². The molecule has 1 unspecified atom stereocenters. The molecule has 0 aromatic heterocycles. The predicted octanol–water partition coefficient (Wildman–Crippen LogP) is 3.12. The summed E-state index contributed by atoms with van der Waals surface area (Å²) in [4.78, 5) is 0. The summed E-state index contributed by atoms with van der Waals surface area (Å²) in [6.07, 6.45) is 5.36. The van der Waals surface area contributed by atoms with E-state index in [9.17, 15) is 0 Å². The Bertz CT molecular complexity index is 353. The van der Waals surface area contributed by atoms with Crippen LogP contribution in [0.15, 0.2) is 24.3 Å². The highest BCUT2D eigenvalue weighted by molar-refractivity contribution is 5.85. The van der Waals surface area contributed by atoms with Crippen molar-refractivity contribution >= 4 is 12.4 Å². The van der Waals surface area contributed by atoms with Gasteiger partial charge in [-0.05, 0) is 49.3 Å². The van der Waals surface area contributed by atoms with Gasteiger partial charge in [-0.2, -0.15) is 0 Å². The average Bonchev–Trinajstić information content (AvgIpc) is 2.68. The molecule has 3 rings (SSSR count). The summed E-state index contributed by atoms with van der Waals surface area (Å²) in [6.45, 7) is 0. The van der Waals surface area contributed by atoms with Gasteiger partial charge in [0.1, 0.15) is 5.75 Å². The number of halogens is 1. The van der Waals surface area contributed by atoms with Gasteiger partial charge in [0, 0.05) is 12.1 Å². The summed E-state index contributed by atoms with van der Waals surface area (Å²) in [6, 6.07) is 10.2. The topological polar surface area (TPSA) is 21.3 Å². The first-order valence-electron chi connectivity index (χ1n) is 6.25. The zero-order chi connectivity index (χ0) is 11.0. The van der Waals surface area contributed by atoms with Crippen LogP contribution in [0.2, 0.25) is 0 Å². The van der Waals surface area contributed by atoms with Crippen LogP contribution in [0.1, 0.15) is 37.2 Å². The Hall–Kier alpha value is -0.730. The van der Waals surface area contributed by atoms with E-state index in [-0.39, 0.29) is 12.4 Å². The van der Waals surface area contributed by atoms with Crippen LogP contribution >= 0.6 is 12.4 Å². The van der Waals surface area contributed by atoms with Crippen molar-refractivity contribution in [2.45, 2.75) is 43.7 Å². The van der Waals surface area contributed by atoms with Crippen LogP contribution in [0.5, 0.6) is 5.75 Å². The summed E-state index contributed by atoms with van der Waals surface area (Å²) in [5, 5.41) is 3.69. The van der Waals surface area contributed by atoms with Crippen molar-refractivity contribution in [1.82, 2.24) is 5.32 Å². The van der Waals surface area contributed by atoms with Crippen molar-refractivity contribution in [3.63, 3.8) is 0 Å². The average molecular weight is 254 g/mol. The molecule has 0 amide bonds. The van der Waals surface area contributed by atoms with Gasteiger partial charge in [0.25, 0.3) is 0 Å². The second-order valence-electron chi connectivity index (χ2n) is 5.08. The molecule has 17 heavy (non-hydrogen) atoms. The molecule has 0 radical (unpaired) electrons. The molecule has 3 atom stereocenters. The lowest BCUT2D eigenvalue weighted by atomic mass is 9.86. The zero-order valence-corrected chi connectivity index (χ0v) is 11.0. The van der Waals surface area contributed by atoms with Crippen LogP contribution < -0.4 is 10.1 Å². The Balaban J connectivity index is 0.00000108. The van der Waals surface area contributed by atoms with Crippen LogP contribution in [0.4, 0.5) is 0 Å².